The minimum absolute atomic E-state index is 0.00200. The van der Waals surface area contributed by atoms with Gasteiger partial charge in [-0.15, -0.1) is 0 Å². The van der Waals surface area contributed by atoms with Crippen molar-refractivity contribution in [2.45, 2.75) is 13.8 Å². The first kappa shape index (κ1) is 18.9. The molecule has 1 aliphatic rings. The van der Waals surface area contributed by atoms with Crippen molar-refractivity contribution >= 4 is 11.8 Å². The zero-order valence-corrected chi connectivity index (χ0v) is 15.6. The number of carbonyl (C=O) groups is 2. The molecule has 3 rings (SSSR count). The average molecular weight is 370 g/mol. The van der Waals surface area contributed by atoms with Crippen LogP contribution >= 0.6 is 0 Å². The summed E-state index contributed by atoms with van der Waals surface area (Å²) in [5.74, 6) is -0.0354. The lowest BCUT2D eigenvalue weighted by atomic mass is 10.0. The molecular formula is C21H23FN2O3. The fraction of sp³-hybridized carbons (Fsp3) is 0.333. The quantitative estimate of drug-likeness (QED) is 0.832. The highest BCUT2D eigenvalue weighted by Crippen LogP contribution is 2.15. The standard InChI is InChI=1S/C21H23FN2O3/c1-15-3-8-19(16(2)13-15)21(26)24-11-9-23(10-12-24)20(25)14-27-18-6-4-17(22)5-7-18/h3-8,13H,9-12,14H2,1-2H3. The Balaban J connectivity index is 1.51. The molecule has 2 aromatic rings. The van der Waals surface area contributed by atoms with E-state index < -0.39 is 0 Å². The molecule has 0 radical (unpaired) electrons. The Morgan fingerprint density at radius 2 is 1.59 bits per heavy atom. The van der Waals surface area contributed by atoms with Gasteiger partial charge in [-0.3, -0.25) is 9.59 Å². The van der Waals surface area contributed by atoms with Gasteiger partial charge in [-0.05, 0) is 49.7 Å². The molecule has 0 spiro atoms. The first-order valence-electron chi connectivity index (χ1n) is 8.97. The van der Waals surface area contributed by atoms with E-state index in [2.05, 4.69) is 0 Å². The van der Waals surface area contributed by atoms with E-state index in [-0.39, 0.29) is 24.2 Å². The van der Waals surface area contributed by atoms with Crippen LogP contribution in [-0.4, -0.2) is 54.4 Å². The van der Waals surface area contributed by atoms with Crippen molar-refractivity contribution in [1.82, 2.24) is 9.80 Å². The van der Waals surface area contributed by atoms with Crippen molar-refractivity contribution in [1.29, 1.82) is 0 Å². The Morgan fingerprint density at radius 3 is 2.22 bits per heavy atom. The summed E-state index contributed by atoms with van der Waals surface area (Å²) >= 11 is 0. The molecule has 0 N–H and O–H groups in total. The summed E-state index contributed by atoms with van der Waals surface area (Å²) in [7, 11) is 0. The Morgan fingerprint density at radius 1 is 0.963 bits per heavy atom. The zero-order valence-electron chi connectivity index (χ0n) is 15.6. The van der Waals surface area contributed by atoms with E-state index in [1.807, 2.05) is 32.0 Å². The van der Waals surface area contributed by atoms with Gasteiger partial charge in [0.1, 0.15) is 11.6 Å². The Bertz CT molecular complexity index is 828. The number of aryl methyl sites for hydroxylation is 2. The number of amides is 2. The number of hydrogen-bond donors (Lipinski definition) is 0. The van der Waals surface area contributed by atoms with Gasteiger partial charge in [0.05, 0.1) is 0 Å². The van der Waals surface area contributed by atoms with Gasteiger partial charge in [0, 0.05) is 31.7 Å². The molecule has 0 bridgehead atoms. The first-order chi connectivity index (χ1) is 12.9. The summed E-state index contributed by atoms with van der Waals surface area (Å²) in [4.78, 5) is 28.5. The van der Waals surface area contributed by atoms with E-state index in [1.54, 1.807) is 9.80 Å². The lowest BCUT2D eigenvalue weighted by Gasteiger charge is -2.35. The molecular weight excluding hydrogens is 347 g/mol. The molecule has 0 unspecified atom stereocenters. The number of rotatable bonds is 4. The highest BCUT2D eigenvalue weighted by Gasteiger charge is 2.25. The second-order valence-corrected chi connectivity index (χ2v) is 6.73. The lowest BCUT2D eigenvalue weighted by molar-refractivity contribution is -0.134. The maximum Gasteiger partial charge on any atom is 0.260 e. The minimum Gasteiger partial charge on any atom is -0.484 e. The molecule has 5 nitrogen and oxygen atoms in total. The molecule has 0 saturated carbocycles. The number of hydrogen-bond acceptors (Lipinski definition) is 3. The number of nitrogens with zero attached hydrogens (tertiary/aromatic N) is 2. The summed E-state index contributed by atoms with van der Waals surface area (Å²) in [6, 6.07) is 11.4. The molecule has 1 saturated heterocycles. The SMILES string of the molecule is Cc1ccc(C(=O)N2CCN(C(=O)COc3ccc(F)cc3)CC2)c(C)c1. The van der Waals surface area contributed by atoms with Crippen molar-refractivity contribution in [3.63, 3.8) is 0 Å². The van der Waals surface area contributed by atoms with Gasteiger partial charge in [-0.25, -0.2) is 4.39 Å². The molecule has 0 aromatic heterocycles. The van der Waals surface area contributed by atoms with Crippen molar-refractivity contribution < 1.29 is 18.7 Å². The normalized spacial score (nSPS) is 14.2. The van der Waals surface area contributed by atoms with Crippen LogP contribution in [-0.2, 0) is 4.79 Å². The van der Waals surface area contributed by atoms with Crippen LogP contribution < -0.4 is 4.74 Å². The molecule has 1 fully saturated rings. The number of benzene rings is 2. The largest absolute Gasteiger partial charge is 0.484 e. The van der Waals surface area contributed by atoms with Gasteiger partial charge in [0.2, 0.25) is 0 Å². The first-order valence-corrected chi connectivity index (χ1v) is 8.97. The van der Waals surface area contributed by atoms with Gasteiger partial charge in [-0.1, -0.05) is 17.7 Å². The third-order valence-corrected chi connectivity index (χ3v) is 4.71. The third-order valence-electron chi connectivity index (χ3n) is 4.71. The Labute approximate surface area is 158 Å². The number of piperazine rings is 1. The van der Waals surface area contributed by atoms with E-state index in [1.165, 1.54) is 24.3 Å². The molecule has 1 heterocycles. The van der Waals surface area contributed by atoms with Crippen LogP contribution in [0.1, 0.15) is 21.5 Å². The van der Waals surface area contributed by atoms with Gasteiger partial charge >= 0.3 is 0 Å². The predicted molar refractivity (Wildman–Crippen MR) is 100 cm³/mol. The third kappa shape index (κ3) is 4.64. The van der Waals surface area contributed by atoms with Crippen LogP contribution in [0.3, 0.4) is 0 Å². The molecule has 1 aliphatic heterocycles. The van der Waals surface area contributed by atoms with Crippen LogP contribution in [0.25, 0.3) is 0 Å². The Hall–Kier alpha value is -2.89. The van der Waals surface area contributed by atoms with Gasteiger partial charge < -0.3 is 14.5 Å². The van der Waals surface area contributed by atoms with Crippen molar-refractivity contribution in [3.8, 4) is 5.75 Å². The second-order valence-electron chi connectivity index (χ2n) is 6.73. The van der Waals surface area contributed by atoms with Gasteiger partial charge in [-0.2, -0.15) is 0 Å². The van der Waals surface area contributed by atoms with Crippen molar-refractivity contribution in [2.75, 3.05) is 32.8 Å². The topological polar surface area (TPSA) is 49.9 Å². The van der Waals surface area contributed by atoms with E-state index in [0.29, 0.717) is 37.5 Å². The zero-order chi connectivity index (χ0) is 19.4. The van der Waals surface area contributed by atoms with E-state index >= 15 is 0 Å². The van der Waals surface area contributed by atoms with Crippen LogP contribution in [0.5, 0.6) is 5.75 Å². The van der Waals surface area contributed by atoms with Crippen LogP contribution in [0.4, 0.5) is 4.39 Å². The van der Waals surface area contributed by atoms with Gasteiger partial charge in [0.25, 0.3) is 11.8 Å². The summed E-state index contributed by atoms with van der Waals surface area (Å²) < 4.78 is 18.3. The fourth-order valence-electron chi connectivity index (χ4n) is 3.15. The Kier molecular flexibility index (Phi) is 5.74. The molecule has 2 amide bonds. The summed E-state index contributed by atoms with van der Waals surface area (Å²) in [6.07, 6.45) is 0. The minimum atomic E-state index is -0.349. The van der Waals surface area contributed by atoms with Crippen LogP contribution in [0, 0.1) is 19.7 Å². The van der Waals surface area contributed by atoms with E-state index in [9.17, 15) is 14.0 Å². The van der Waals surface area contributed by atoms with Crippen molar-refractivity contribution in [3.05, 3.63) is 65.0 Å². The molecule has 6 heteroatoms. The number of carbonyl (C=O) groups excluding carboxylic acids is 2. The predicted octanol–water partition coefficient (Wildman–Crippen LogP) is 2.81. The highest BCUT2D eigenvalue weighted by atomic mass is 19.1. The monoisotopic (exact) mass is 370 g/mol. The average Bonchev–Trinajstić information content (AvgIpc) is 2.67. The molecule has 0 atom stereocenters. The summed E-state index contributed by atoms with van der Waals surface area (Å²) in [6.45, 7) is 5.77. The maximum atomic E-state index is 12.9. The van der Waals surface area contributed by atoms with Gasteiger partial charge in [0.15, 0.2) is 6.61 Å². The smallest absolute Gasteiger partial charge is 0.260 e. The molecule has 0 aliphatic carbocycles. The van der Waals surface area contributed by atoms with E-state index in [0.717, 1.165) is 11.1 Å². The molecule has 142 valence electrons. The van der Waals surface area contributed by atoms with E-state index in [4.69, 9.17) is 4.74 Å². The lowest BCUT2D eigenvalue weighted by Crippen LogP contribution is -2.51. The van der Waals surface area contributed by atoms with Crippen LogP contribution in [0.15, 0.2) is 42.5 Å². The summed E-state index contributed by atoms with van der Waals surface area (Å²) in [5, 5.41) is 0. The maximum absolute atomic E-state index is 12.9. The van der Waals surface area contributed by atoms with Crippen molar-refractivity contribution in [2.24, 2.45) is 0 Å². The molecule has 2 aromatic carbocycles. The number of ether oxygens (including phenoxy) is 1. The van der Waals surface area contributed by atoms with Crippen LogP contribution in [0.2, 0.25) is 0 Å². The molecule has 27 heavy (non-hydrogen) atoms. The second kappa shape index (κ2) is 8.20. The highest BCUT2D eigenvalue weighted by molar-refractivity contribution is 5.96. The fourth-order valence-corrected chi connectivity index (χ4v) is 3.15. The summed E-state index contributed by atoms with van der Waals surface area (Å²) in [5.41, 5.74) is 2.80. The number of halogens is 1.